The molecule has 0 aromatic heterocycles. The van der Waals surface area contributed by atoms with Gasteiger partial charge in [0.1, 0.15) is 12.7 Å². The van der Waals surface area contributed by atoms with Crippen LogP contribution in [0.1, 0.15) is 278 Å². The Labute approximate surface area is 465 Å². The number of carbonyl (C=O) groups excluding carboxylic acids is 3. The second kappa shape index (κ2) is 58.1. The third-order valence-electron chi connectivity index (χ3n) is 13.1. The first-order chi connectivity index (χ1) is 37.2. The minimum Gasteiger partial charge on any atom is -0.462 e. The maximum Gasteiger partial charge on any atom is 0.472 e. The lowest BCUT2D eigenvalue weighted by molar-refractivity contribution is -0.161. The van der Waals surface area contributed by atoms with Crippen LogP contribution in [0.15, 0.2) is 72.9 Å². The van der Waals surface area contributed by atoms with Crippen molar-refractivity contribution in [2.75, 3.05) is 26.4 Å². The number of hydrogen-bond donors (Lipinski definition) is 2. The van der Waals surface area contributed by atoms with Crippen molar-refractivity contribution < 1.29 is 52.2 Å². The number of unbranched alkanes of at least 4 members (excludes halogenated alkanes) is 28. The SMILES string of the molecule is CC/C=C\C/C=C\C/C=C\C/C=C\CCCCCCC(=O)OC(COC(=O)CCCCCCCCCCCCCCCCC)COP(=O)(O)OCC(CO)OC(=O)CCCCCCCCC/C=C\C/C=C\CCCCC. The molecule has 0 spiro atoms. The molecular weight excluding hydrogens is 976 g/mol. The number of esters is 3. The van der Waals surface area contributed by atoms with E-state index in [1.165, 1.54) is 109 Å². The Morgan fingerprint density at radius 1 is 0.382 bits per heavy atom. The number of rotatable bonds is 57. The van der Waals surface area contributed by atoms with Gasteiger partial charge in [-0.2, -0.15) is 0 Å². The van der Waals surface area contributed by atoms with Crippen LogP contribution in [0.3, 0.4) is 0 Å². The number of allylic oxidation sites excluding steroid dienone is 12. The van der Waals surface area contributed by atoms with Gasteiger partial charge in [0.15, 0.2) is 6.10 Å². The minimum absolute atomic E-state index is 0.139. The summed E-state index contributed by atoms with van der Waals surface area (Å²) in [5, 5.41) is 9.84. The van der Waals surface area contributed by atoms with Gasteiger partial charge in [0.2, 0.25) is 0 Å². The predicted octanol–water partition coefficient (Wildman–Crippen LogP) is 18.5. The molecule has 0 fully saturated rings. The van der Waals surface area contributed by atoms with Crippen molar-refractivity contribution >= 4 is 25.7 Å². The van der Waals surface area contributed by atoms with Gasteiger partial charge in [0.05, 0.1) is 19.8 Å². The van der Waals surface area contributed by atoms with E-state index in [1.807, 2.05) is 0 Å². The van der Waals surface area contributed by atoms with Gasteiger partial charge >= 0.3 is 25.7 Å². The lowest BCUT2D eigenvalue weighted by Crippen LogP contribution is -2.30. The smallest absolute Gasteiger partial charge is 0.462 e. The molecule has 0 aliphatic rings. The predicted molar refractivity (Wildman–Crippen MR) is 316 cm³/mol. The van der Waals surface area contributed by atoms with Gasteiger partial charge in [-0.05, 0) is 89.9 Å². The Balaban J connectivity index is 4.73. The molecule has 0 aromatic rings. The fourth-order valence-electron chi connectivity index (χ4n) is 8.44. The average molecular weight is 1090 g/mol. The molecule has 76 heavy (non-hydrogen) atoms. The maximum atomic E-state index is 12.9. The number of carbonyl (C=O) groups is 3. The third kappa shape index (κ3) is 55.7. The van der Waals surface area contributed by atoms with Gasteiger partial charge in [-0.25, -0.2) is 4.57 Å². The second-order valence-electron chi connectivity index (χ2n) is 20.5. The summed E-state index contributed by atoms with van der Waals surface area (Å²) in [6.45, 7) is 4.51. The summed E-state index contributed by atoms with van der Waals surface area (Å²) >= 11 is 0. The van der Waals surface area contributed by atoms with Crippen molar-refractivity contribution in [3.05, 3.63) is 72.9 Å². The Hall–Kier alpha value is -3.08. The van der Waals surface area contributed by atoms with Crippen LogP contribution in [0.5, 0.6) is 0 Å². The molecule has 0 aliphatic heterocycles. The van der Waals surface area contributed by atoms with Crippen LogP contribution in [-0.2, 0) is 42.2 Å². The van der Waals surface area contributed by atoms with Crippen molar-refractivity contribution in [2.45, 2.75) is 290 Å². The summed E-state index contributed by atoms with van der Waals surface area (Å²) in [6.07, 6.45) is 65.6. The molecule has 11 nitrogen and oxygen atoms in total. The van der Waals surface area contributed by atoms with Gasteiger partial charge in [-0.15, -0.1) is 0 Å². The molecule has 3 atom stereocenters. The molecule has 0 aromatic carbocycles. The average Bonchev–Trinajstić information content (AvgIpc) is 3.41. The molecule has 0 amide bonds. The van der Waals surface area contributed by atoms with Gasteiger partial charge in [-0.1, -0.05) is 241 Å². The molecule has 3 unspecified atom stereocenters. The number of phosphoric acid groups is 1. The van der Waals surface area contributed by atoms with Crippen LogP contribution in [0, 0.1) is 0 Å². The molecule has 440 valence electrons. The topological polar surface area (TPSA) is 155 Å². The van der Waals surface area contributed by atoms with Crippen LogP contribution in [0.25, 0.3) is 0 Å². The Kier molecular flexibility index (Phi) is 55.7. The summed E-state index contributed by atoms with van der Waals surface area (Å²) in [7, 11) is -4.76. The Bertz CT molecular complexity index is 1550. The van der Waals surface area contributed by atoms with Gasteiger partial charge in [0.25, 0.3) is 0 Å². The fraction of sp³-hybridized carbons (Fsp3) is 0.766. The fourth-order valence-corrected chi connectivity index (χ4v) is 9.22. The molecule has 0 bridgehead atoms. The third-order valence-corrected chi connectivity index (χ3v) is 14.1. The van der Waals surface area contributed by atoms with E-state index in [0.717, 1.165) is 109 Å². The maximum absolute atomic E-state index is 12.9. The standard InChI is InChI=1S/C64H113O11P/c1-4-7-10-13-16-19-22-25-28-30-33-36-39-42-45-48-51-54-63(67)74-60(56-65)58-72-76(69,70)73-59-61(57-71-62(66)53-50-47-44-41-38-35-32-27-24-21-18-15-12-9-6-3)75-64(68)55-52-49-46-43-40-37-34-31-29-26-23-20-17-14-11-8-5-2/h8,11,16-17,19-20,25-26,28-29,34,37,60-61,65H,4-7,9-10,12-15,18,21-24,27,30-33,35-36,38-59H2,1-3H3,(H,69,70)/b11-8-,19-16-,20-17-,28-25-,29-26-,37-34-. The first kappa shape index (κ1) is 72.9. The number of phosphoric ester groups is 1. The van der Waals surface area contributed by atoms with Crippen LogP contribution in [0.2, 0.25) is 0 Å². The van der Waals surface area contributed by atoms with E-state index in [0.29, 0.717) is 19.3 Å². The number of aliphatic hydroxyl groups excluding tert-OH is 1. The quantitative estimate of drug-likeness (QED) is 0.0197. The van der Waals surface area contributed by atoms with Crippen LogP contribution in [0.4, 0.5) is 0 Å². The van der Waals surface area contributed by atoms with E-state index in [-0.39, 0.29) is 25.9 Å². The lowest BCUT2D eigenvalue weighted by atomic mass is 10.0. The largest absolute Gasteiger partial charge is 0.472 e. The van der Waals surface area contributed by atoms with Gasteiger partial charge < -0.3 is 24.2 Å². The molecule has 0 saturated carbocycles. The van der Waals surface area contributed by atoms with Crippen molar-refractivity contribution in [3.63, 3.8) is 0 Å². The second-order valence-corrected chi connectivity index (χ2v) is 21.9. The lowest BCUT2D eigenvalue weighted by Gasteiger charge is -2.21. The van der Waals surface area contributed by atoms with E-state index < -0.39 is 57.8 Å². The van der Waals surface area contributed by atoms with Crippen LogP contribution >= 0.6 is 7.82 Å². The Morgan fingerprint density at radius 2 is 0.684 bits per heavy atom. The van der Waals surface area contributed by atoms with E-state index in [4.69, 9.17) is 23.3 Å². The molecule has 12 heteroatoms. The van der Waals surface area contributed by atoms with E-state index in [9.17, 15) is 28.9 Å². The monoisotopic (exact) mass is 1090 g/mol. The van der Waals surface area contributed by atoms with Crippen molar-refractivity contribution in [2.24, 2.45) is 0 Å². The first-order valence-corrected chi connectivity index (χ1v) is 32.3. The zero-order chi connectivity index (χ0) is 55.5. The molecule has 0 radical (unpaired) electrons. The van der Waals surface area contributed by atoms with Crippen molar-refractivity contribution in [3.8, 4) is 0 Å². The zero-order valence-electron chi connectivity index (χ0n) is 48.7. The highest BCUT2D eigenvalue weighted by molar-refractivity contribution is 7.47. The van der Waals surface area contributed by atoms with Crippen molar-refractivity contribution in [1.82, 2.24) is 0 Å². The molecule has 0 heterocycles. The molecule has 2 N–H and O–H groups in total. The highest BCUT2D eigenvalue weighted by Crippen LogP contribution is 2.43. The molecule has 0 aliphatic carbocycles. The molecule has 0 saturated heterocycles. The van der Waals surface area contributed by atoms with Crippen molar-refractivity contribution in [1.29, 1.82) is 0 Å². The first-order valence-electron chi connectivity index (χ1n) is 30.8. The Morgan fingerprint density at radius 3 is 1.08 bits per heavy atom. The molecule has 0 rings (SSSR count). The summed E-state index contributed by atoms with van der Waals surface area (Å²) < 4.78 is 39.6. The van der Waals surface area contributed by atoms with Gasteiger partial charge in [-0.3, -0.25) is 23.4 Å². The van der Waals surface area contributed by atoms with E-state index >= 15 is 0 Å². The summed E-state index contributed by atoms with van der Waals surface area (Å²) in [6, 6.07) is 0. The zero-order valence-corrected chi connectivity index (χ0v) is 49.6. The number of ether oxygens (including phenoxy) is 3. The van der Waals surface area contributed by atoms with Crippen LogP contribution in [-0.4, -0.2) is 66.5 Å². The highest BCUT2D eigenvalue weighted by Gasteiger charge is 2.28. The minimum atomic E-state index is -4.76. The van der Waals surface area contributed by atoms with Crippen LogP contribution < -0.4 is 0 Å². The normalized spacial score (nSPS) is 13.8. The number of hydrogen-bond acceptors (Lipinski definition) is 10. The van der Waals surface area contributed by atoms with Gasteiger partial charge in [0, 0.05) is 19.3 Å². The summed E-state index contributed by atoms with van der Waals surface area (Å²) in [5.74, 6) is -1.49. The number of aliphatic hydroxyl groups is 1. The highest BCUT2D eigenvalue weighted by atomic mass is 31.2. The van der Waals surface area contributed by atoms with E-state index in [2.05, 4.69) is 93.7 Å². The summed E-state index contributed by atoms with van der Waals surface area (Å²) in [4.78, 5) is 48.7. The molecular formula is C64H113O11P. The van der Waals surface area contributed by atoms with E-state index in [1.54, 1.807) is 0 Å². The summed E-state index contributed by atoms with van der Waals surface area (Å²) in [5.41, 5.74) is 0.